The molecule has 5 nitrogen and oxygen atoms in total. The maximum atomic E-state index is 12.3. The van der Waals surface area contributed by atoms with E-state index in [1.54, 1.807) is 0 Å². The quantitative estimate of drug-likeness (QED) is 0.853. The maximum absolute atomic E-state index is 12.3. The Morgan fingerprint density at radius 3 is 2.37 bits per heavy atom. The highest BCUT2D eigenvalue weighted by Crippen LogP contribution is 2.17. The molecule has 0 spiro atoms. The van der Waals surface area contributed by atoms with E-state index in [-0.39, 0.29) is 5.91 Å². The number of carbonyl (C=O) groups excluding carboxylic acids is 1. The van der Waals surface area contributed by atoms with E-state index in [1.165, 1.54) is 11.3 Å². The third-order valence-electron chi connectivity index (χ3n) is 5.05. The van der Waals surface area contributed by atoms with Crippen molar-refractivity contribution < 1.29 is 4.79 Å². The number of nitrogens with zero attached hydrogens (tertiary/aromatic N) is 3. The van der Waals surface area contributed by atoms with E-state index in [2.05, 4.69) is 75.5 Å². The Balaban J connectivity index is 1.41. The summed E-state index contributed by atoms with van der Waals surface area (Å²) in [5.74, 6) is 0.0932. The van der Waals surface area contributed by atoms with Crippen LogP contribution in [0.1, 0.15) is 11.1 Å². The predicted molar refractivity (Wildman–Crippen MR) is 112 cm³/mol. The van der Waals surface area contributed by atoms with Crippen LogP contribution in [0, 0.1) is 6.92 Å². The molecule has 2 aromatic rings. The maximum Gasteiger partial charge on any atom is 0.234 e. The summed E-state index contributed by atoms with van der Waals surface area (Å²) < 4.78 is 0. The number of benzene rings is 2. The van der Waals surface area contributed by atoms with Crippen molar-refractivity contribution in [1.82, 2.24) is 10.2 Å². The number of nitrogens with one attached hydrogen (secondary N) is 1. The van der Waals surface area contributed by atoms with Crippen molar-refractivity contribution in [1.29, 1.82) is 0 Å². The van der Waals surface area contributed by atoms with Gasteiger partial charge in [-0.05, 0) is 42.3 Å². The van der Waals surface area contributed by atoms with Crippen LogP contribution in [-0.2, 0) is 11.3 Å². The molecule has 0 aliphatic carbocycles. The van der Waals surface area contributed by atoms with E-state index >= 15 is 0 Å². The molecule has 1 heterocycles. The van der Waals surface area contributed by atoms with Crippen LogP contribution in [0.3, 0.4) is 0 Å². The fourth-order valence-electron chi connectivity index (χ4n) is 3.36. The van der Waals surface area contributed by atoms with E-state index in [9.17, 15) is 4.79 Å². The molecule has 1 saturated heterocycles. The summed E-state index contributed by atoms with van der Waals surface area (Å²) in [6.45, 7) is 6.93. The van der Waals surface area contributed by atoms with Crippen LogP contribution in [0.15, 0.2) is 48.5 Å². The molecule has 0 atom stereocenters. The standard InChI is InChI=1S/C22H30N4O/c1-18-5-4-6-21(15-18)26-13-11-25(12-14-26)17-22(27)23-16-19-7-9-20(10-8-19)24(2)3/h4-10,15H,11-14,16-17H2,1-3H3,(H,23,27). The van der Waals surface area contributed by atoms with Gasteiger partial charge in [0.1, 0.15) is 0 Å². The molecule has 144 valence electrons. The van der Waals surface area contributed by atoms with E-state index in [0.717, 1.165) is 37.4 Å². The number of hydrogen-bond acceptors (Lipinski definition) is 4. The van der Waals surface area contributed by atoms with Gasteiger partial charge in [-0.2, -0.15) is 0 Å². The van der Waals surface area contributed by atoms with Crippen molar-refractivity contribution in [2.24, 2.45) is 0 Å². The van der Waals surface area contributed by atoms with Crippen LogP contribution in [0.5, 0.6) is 0 Å². The zero-order valence-corrected chi connectivity index (χ0v) is 16.6. The molecular formula is C22H30N4O. The Labute approximate surface area is 162 Å². The summed E-state index contributed by atoms with van der Waals surface area (Å²) >= 11 is 0. The van der Waals surface area contributed by atoms with E-state index in [4.69, 9.17) is 0 Å². The first kappa shape index (κ1) is 19.2. The Morgan fingerprint density at radius 2 is 1.74 bits per heavy atom. The second-order valence-electron chi connectivity index (χ2n) is 7.44. The summed E-state index contributed by atoms with van der Waals surface area (Å²) in [6, 6.07) is 16.9. The number of aryl methyl sites for hydroxylation is 1. The Hall–Kier alpha value is -2.53. The molecule has 0 unspecified atom stereocenters. The minimum Gasteiger partial charge on any atom is -0.378 e. The van der Waals surface area contributed by atoms with Gasteiger partial charge in [0, 0.05) is 58.2 Å². The number of rotatable bonds is 6. The van der Waals surface area contributed by atoms with Gasteiger partial charge in [0.05, 0.1) is 6.54 Å². The van der Waals surface area contributed by atoms with Gasteiger partial charge in [-0.1, -0.05) is 24.3 Å². The van der Waals surface area contributed by atoms with Gasteiger partial charge >= 0.3 is 0 Å². The lowest BCUT2D eigenvalue weighted by atomic mass is 10.2. The molecule has 0 saturated carbocycles. The Morgan fingerprint density at radius 1 is 1.04 bits per heavy atom. The van der Waals surface area contributed by atoms with Gasteiger partial charge in [-0.15, -0.1) is 0 Å². The number of piperazine rings is 1. The van der Waals surface area contributed by atoms with E-state index in [1.807, 2.05) is 14.1 Å². The molecule has 1 fully saturated rings. The first-order valence-corrected chi connectivity index (χ1v) is 9.58. The van der Waals surface area contributed by atoms with Crippen LogP contribution < -0.4 is 15.1 Å². The summed E-state index contributed by atoms with van der Waals surface area (Å²) in [5, 5.41) is 3.04. The van der Waals surface area contributed by atoms with Crippen LogP contribution >= 0.6 is 0 Å². The van der Waals surface area contributed by atoms with Crippen LogP contribution in [0.2, 0.25) is 0 Å². The first-order chi connectivity index (χ1) is 13.0. The lowest BCUT2D eigenvalue weighted by Gasteiger charge is -2.35. The molecule has 1 amide bonds. The molecule has 5 heteroatoms. The Bertz CT molecular complexity index is 749. The number of anilines is 2. The van der Waals surface area contributed by atoms with Crippen molar-refractivity contribution in [3.63, 3.8) is 0 Å². The van der Waals surface area contributed by atoms with Gasteiger partial charge in [0.2, 0.25) is 5.91 Å². The average molecular weight is 367 g/mol. The average Bonchev–Trinajstić information content (AvgIpc) is 2.67. The minimum atomic E-state index is 0.0932. The molecule has 0 bridgehead atoms. The zero-order chi connectivity index (χ0) is 19.2. The first-order valence-electron chi connectivity index (χ1n) is 9.58. The number of carbonyl (C=O) groups is 1. The number of amides is 1. The highest BCUT2D eigenvalue weighted by atomic mass is 16.2. The largest absolute Gasteiger partial charge is 0.378 e. The van der Waals surface area contributed by atoms with Crippen LogP contribution in [0.25, 0.3) is 0 Å². The van der Waals surface area contributed by atoms with Crippen molar-refractivity contribution in [2.45, 2.75) is 13.5 Å². The lowest BCUT2D eigenvalue weighted by molar-refractivity contribution is -0.122. The molecule has 2 aromatic carbocycles. The van der Waals surface area contributed by atoms with Gasteiger partial charge in [-0.25, -0.2) is 0 Å². The highest BCUT2D eigenvalue weighted by molar-refractivity contribution is 5.78. The molecular weight excluding hydrogens is 336 g/mol. The Kier molecular flexibility index (Phi) is 6.35. The minimum absolute atomic E-state index is 0.0932. The van der Waals surface area contributed by atoms with Crippen molar-refractivity contribution in [3.05, 3.63) is 59.7 Å². The highest BCUT2D eigenvalue weighted by Gasteiger charge is 2.19. The fourth-order valence-corrected chi connectivity index (χ4v) is 3.36. The molecule has 27 heavy (non-hydrogen) atoms. The third kappa shape index (κ3) is 5.47. The zero-order valence-electron chi connectivity index (χ0n) is 16.6. The molecule has 0 aromatic heterocycles. The monoisotopic (exact) mass is 366 g/mol. The number of hydrogen-bond donors (Lipinski definition) is 1. The SMILES string of the molecule is Cc1cccc(N2CCN(CC(=O)NCc3ccc(N(C)C)cc3)CC2)c1. The van der Waals surface area contributed by atoms with Crippen LogP contribution in [-0.4, -0.2) is 57.6 Å². The smallest absolute Gasteiger partial charge is 0.234 e. The predicted octanol–water partition coefficient (Wildman–Crippen LogP) is 2.50. The van der Waals surface area contributed by atoms with Gasteiger partial charge in [0.25, 0.3) is 0 Å². The molecule has 0 radical (unpaired) electrons. The second kappa shape index (κ2) is 8.91. The van der Waals surface area contributed by atoms with E-state index < -0.39 is 0 Å². The normalized spacial score (nSPS) is 14.9. The van der Waals surface area contributed by atoms with Gasteiger partial charge in [0.15, 0.2) is 0 Å². The molecule has 1 N–H and O–H groups in total. The van der Waals surface area contributed by atoms with E-state index in [0.29, 0.717) is 13.1 Å². The van der Waals surface area contributed by atoms with Crippen molar-refractivity contribution in [3.8, 4) is 0 Å². The summed E-state index contributed by atoms with van der Waals surface area (Å²) in [6.07, 6.45) is 0. The van der Waals surface area contributed by atoms with Crippen LogP contribution in [0.4, 0.5) is 11.4 Å². The second-order valence-corrected chi connectivity index (χ2v) is 7.44. The summed E-state index contributed by atoms with van der Waals surface area (Å²) in [7, 11) is 4.05. The lowest BCUT2D eigenvalue weighted by Crippen LogP contribution is -2.49. The molecule has 3 rings (SSSR count). The van der Waals surface area contributed by atoms with Crippen molar-refractivity contribution >= 4 is 17.3 Å². The fraction of sp³-hybridized carbons (Fsp3) is 0.409. The summed E-state index contributed by atoms with van der Waals surface area (Å²) in [4.78, 5) is 19.0. The van der Waals surface area contributed by atoms with Gasteiger partial charge < -0.3 is 15.1 Å². The summed E-state index contributed by atoms with van der Waals surface area (Å²) in [5.41, 5.74) is 4.85. The molecule has 1 aliphatic heterocycles. The van der Waals surface area contributed by atoms with Crippen molar-refractivity contribution in [2.75, 3.05) is 56.6 Å². The topological polar surface area (TPSA) is 38.8 Å². The third-order valence-corrected chi connectivity index (χ3v) is 5.05. The van der Waals surface area contributed by atoms with Gasteiger partial charge in [-0.3, -0.25) is 9.69 Å². The molecule has 1 aliphatic rings.